The molecule has 2 aromatic heterocycles. The van der Waals surface area contributed by atoms with Crippen molar-refractivity contribution in [1.29, 1.82) is 5.26 Å². The van der Waals surface area contributed by atoms with Crippen LogP contribution in [-0.2, 0) is 11.8 Å². The fourth-order valence-corrected chi connectivity index (χ4v) is 5.41. The van der Waals surface area contributed by atoms with E-state index in [0.717, 1.165) is 17.7 Å². The Labute approximate surface area is 202 Å². The number of fused-ring (bicyclic) bond motifs is 1. The van der Waals surface area contributed by atoms with Crippen LogP contribution in [-0.4, -0.2) is 15.7 Å². The number of rotatable bonds is 6. The second-order valence-electron chi connectivity index (χ2n) is 9.64. The summed E-state index contributed by atoms with van der Waals surface area (Å²) in [5.74, 6) is 0.639. The molecular formula is C27H28N4O4. The average Bonchev–Trinajstić information content (AvgIpc) is 3.40. The molecule has 2 aliphatic carbocycles. The quantitative estimate of drug-likeness (QED) is 0.516. The molecule has 8 heteroatoms. The van der Waals surface area contributed by atoms with Gasteiger partial charge in [0.2, 0.25) is 5.71 Å². The van der Waals surface area contributed by atoms with Gasteiger partial charge in [-0.15, -0.1) is 0 Å². The summed E-state index contributed by atoms with van der Waals surface area (Å²) in [5.41, 5.74) is 0.962. The van der Waals surface area contributed by atoms with Gasteiger partial charge in [0.05, 0.1) is 17.2 Å². The lowest BCUT2D eigenvalue weighted by Crippen LogP contribution is -2.30. The number of aromatic amines is 1. The predicted molar refractivity (Wildman–Crippen MR) is 131 cm³/mol. The molecule has 2 fully saturated rings. The topological polar surface area (TPSA) is 121 Å². The van der Waals surface area contributed by atoms with Crippen LogP contribution in [0, 0.1) is 17.2 Å². The molecule has 0 saturated heterocycles. The molecule has 1 N–H and O–H groups in total. The molecule has 0 aliphatic heterocycles. The monoisotopic (exact) mass is 472 g/mol. The van der Waals surface area contributed by atoms with E-state index >= 15 is 0 Å². The molecule has 35 heavy (non-hydrogen) atoms. The van der Waals surface area contributed by atoms with Crippen LogP contribution in [0.15, 0.2) is 55.6 Å². The van der Waals surface area contributed by atoms with Gasteiger partial charge in [0.1, 0.15) is 5.39 Å². The van der Waals surface area contributed by atoms with Gasteiger partial charge >= 0.3 is 11.6 Å². The molecule has 0 atom stereocenters. The second-order valence-corrected chi connectivity index (χ2v) is 9.64. The average molecular weight is 473 g/mol. The zero-order valence-electron chi connectivity index (χ0n) is 19.6. The first-order valence-corrected chi connectivity index (χ1v) is 12.3. The third-order valence-electron chi connectivity index (χ3n) is 7.45. The van der Waals surface area contributed by atoms with Crippen molar-refractivity contribution < 1.29 is 9.25 Å². The number of nitrogens with zero attached hydrogens (tertiary/aromatic N) is 3. The van der Waals surface area contributed by atoms with Crippen LogP contribution in [0.25, 0.3) is 11.1 Å². The smallest absolute Gasteiger partial charge is 0.337 e. The Morgan fingerprint density at radius 3 is 2.63 bits per heavy atom. The van der Waals surface area contributed by atoms with Crippen LogP contribution in [0.5, 0.6) is 6.01 Å². The molecule has 0 amide bonds. The highest BCUT2D eigenvalue weighted by atomic mass is 16.6. The van der Waals surface area contributed by atoms with Crippen molar-refractivity contribution in [3.63, 3.8) is 0 Å². The predicted octanol–water partition coefficient (Wildman–Crippen LogP) is 4.77. The van der Waals surface area contributed by atoms with Crippen molar-refractivity contribution in [3.8, 4) is 12.1 Å². The summed E-state index contributed by atoms with van der Waals surface area (Å²) in [6.07, 6.45) is 8.95. The summed E-state index contributed by atoms with van der Waals surface area (Å²) in [6.45, 7) is 0. The molecule has 8 nitrogen and oxygen atoms in total. The largest absolute Gasteiger partial charge is 0.403 e. The summed E-state index contributed by atoms with van der Waals surface area (Å²) in [7, 11) is 0. The Bertz CT molecular complexity index is 1380. The minimum Gasteiger partial charge on any atom is -0.403 e. The first-order valence-electron chi connectivity index (χ1n) is 12.3. The fourth-order valence-electron chi connectivity index (χ4n) is 5.41. The van der Waals surface area contributed by atoms with E-state index in [0.29, 0.717) is 49.0 Å². The number of hydrogen-bond acceptors (Lipinski definition) is 7. The maximum atomic E-state index is 12.8. The lowest BCUT2D eigenvalue weighted by molar-refractivity contribution is 0.304. The van der Waals surface area contributed by atoms with Gasteiger partial charge in [-0.3, -0.25) is 9.78 Å². The van der Waals surface area contributed by atoms with Crippen LogP contribution >= 0.6 is 0 Å². The molecule has 2 heterocycles. The number of hydrogen-bond donors (Lipinski definition) is 1. The first kappa shape index (κ1) is 23.0. The zero-order valence-corrected chi connectivity index (χ0v) is 19.6. The molecule has 0 radical (unpaired) electrons. The van der Waals surface area contributed by atoms with Gasteiger partial charge in [-0.2, -0.15) is 10.2 Å². The van der Waals surface area contributed by atoms with E-state index < -0.39 is 16.6 Å². The van der Waals surface area contributed by atoms with Crippen molar-refractivity contribution >= 4 is 16.8 Å². The van der Waals surface area contributed by atoms with Crippen LogP contribution in [0.3, 0.4) is 0 Å². The third-order valence-corrected chi connectivity index (χ3v) is 7.45. The Morgan fingerprint density at radius 2 is 1.91 bits per heavy atom. The normalized spacial score (nSPS) is 20.6. The van der Waals surface area contributed by atoms with Crippen LogP contribution < -0.4 is 16.0 Å². The van der Waals surface area contributed by atoms with Gasteiger partial charge in [0.25, 0.3) is 5.56 Å². The van der Waals surface area contributed by atoms with Gasteiger partial charge < -0.3 is 9.25 Å². The molecule has 180 valence electrons. The number of H-pyrrole nitrogens is 1. The molecule has 0 bridgehead atoms. The molecule has 5 rings (SSSR count). The number of aromatic nitrogens is 2. The molecule has 1 aromatic carbocycles. The number of oxime groups is 1. The highest BCUT2D eigenvalue weighted by Crippen LogP contribution is 2.38. The van der Waals surface area contributed by atoms with Crippen molar-refractivity contribution in [2.45, 2.75) is 69.6 Å². The summed E-state index contributed by atoms with van der Waals surface area (Å²) in [6, 6.07) is 13.6. The molecule has 2 aliphatic rings. The van der Waals surface area contributed by atoms with E-state index in [-0.39, 0.29) is 11.7 Å². The maximum Gasteiger partial charge on any atom is 0.337 e. The van der Waals surface area contributed by atoms with E-state index in [9.17, 15) is 14.9 Å². The van der Waals surface area contributed by atoms with Gasteiger partial charge in [0.15, 0.2) is 0 Å². The lowest BCUT2D eigenvalue weighted by atomic mass is 9.70. The second kappa shape index (κ2) is 9.87. The Balaban J connectivity index is 1.31. The zero-order chi connectivity index (χ0) is 24.3. The highest BCUT2D eigenvalue weighted by Gasteiger charge is 2.36. The fraction of sp³-hybridized carbons (Fsp3) is 0.444. The molecular weight excluding hydrogens is 444 g/mol. The minimum absolute atomic E-state index is 0.0332. The van der Waals surface area contributed by atoms with Gasteiger partial charge in [0, 0.05) is 6.07 Å². The first-order chi connectivity index (χ1) is 17.1. The Kier molecular flexibility index (Phi) is 6.49. The van der Waals surface area contributed by atoms with E-state index in [1.54, 1.807) is 0 Å². The van der Waals surface area contributed by atoms with E-state index in [2.05, 4.69) is 21.2 Å². The van der Waals surface area contributed by atoms with Gasteiger partial charge in [-0.05, 0) is 55.6 Å². The number of aryl methyl sites for hydroxylation is 1. The summed E-state index contributed by atoms with van der Waals surface area (Å²) >= 11 is 0. The van der Waals surface area contributed by atoms with E-state index in [1.807, 2.05) is 30.3 Å². The lowest BCUT2D eigenvalue weighted by Gasteiger charge is -2.31. The SMILES string of the molecule is N#CC1(c2ccccc2)CCC(=NOc2nc3oc(=O)cc(CCC4CCCC4)c3c(=O)[nH]2)CC1. The number of nitriles is 1. The number of benzene rings is 1. The standard InChI is InChI=1S/C27H28N4O4/c28-17-27(20-8-2-1-3-9-20)14-12-21(13-15-27)31-35-26-29-24(33)23-19(11-10-18-6-4-5-7-18)16-22(32)34-25(23)30-26/h1-3,8-9,16,18H,4-7,10-15H2,(H,29,30,33). The summed E-state index contributed by atoms with van der Waals surface area (Å²) < 4.78 is 5.23. The summed E-state index contributed by atoms with van der Waals surface area (Å²) in [5, 5.41) is 14.3. The third kappa shape index (κ3) is 4.90. The van der Waals surface area contributed by atoms with Gasteiger partial charge in [-0.1, -0.05) is 61.2 Å². The molecule has 0 unspecified atom stereocenters. The molecule has 2 saturated carbocycles. The van der Waals surface area contributed by atoms with Crippen molar-refractivity contribution in [2.24, 2.45) is 11.1 Å². The van der Waals surface area contributed by atoms with Crippen molar-refractivity contribution in [2.75, 3.05) is 0 Å². The minimum atomic E-state index is -0.534. The van der Waals surface area contributed by atoms with Crippen LogP contribution in [0.2, 0.25) is 0 Å². The van der Waals surface area contributed by atoms with Crippen molar-refractivity contribution in [3.05, 3.63) is 68.3 Å². The van der Waals surface area contributed by atoms with Crippen LogP contribution in [0.1, 0.15) is 68.9 Å². The van der Waals surface area contributed by atoms with E-state index in [4.69, 9.17) is 9.25 Å². The van der Waals surface area contributed by atoms with Gasteiger partial charge in [-0.25, -0.2) is 4.79 Å². The maximum absolute atomic E-state index is 12.8. The Morgan fingerprint density at radius 1 is 1.17 bits per heavy atom. The van der Waals surface area contributed by atoms with Crippen LogP contribution in [0.4, 0.5) is 0 Å². The summed E-state index contributed by atoms with van der Waals surface area (Å²) in [4.78, 5) is 37.2. The van der Waals surface area contributed by atoms with Crippen molar-refractivity contribution in [1.82, 2.24) is 9.97 Å². The Hall–Kier alpha value is -3.73. The molecule has 0 spiro atoms. The molecule has 3 aromatic rings. The van der Waals surface area contributed by atoms with E-state index in [1.165, 1.54) is 31.7 Å². The number of nitrogens with one attached hydrogen (secondary N) is 1. The highest BCUT2D eigenvalue weighted by molar-refractivity contribution is 5.85.